The lowest BCUT2D eigenvalue weighted by molar-refractivity contribution is 0.364. The van der Waals surface area contributed by atoms with Crippen LogP contribution in [0, 0.1) is 0 Å². The maximum absolute atomic E-state index is 5.30. The van der Waals surface area contributed by atoms with E-state index in [2.05, 4.69) is 127 Å². The summed E-state index contributed by atoms with van der Waals surface area (Å²) in [6.07, 6.45) is 0. The average Bonchev–Trinajstić information content (AvgIpc) is 3.18. The van der Waals surface area contributed by atoms with Gasteiger partial charge in [0.15, 0.2) is 0 Å². The number of hydrogen-bond donors (Lipinski definition) is 0. The second-order valence-corrected chi connectivity index (χ2v) is 8.80. The Bertz CT molecular complexity index is 1170. The smallest absolute Gasteiger partial charge is 0.133 e. The molecule has 2 atom stereocenters. The van der Waals surface area contributed by atoms with Crippen LogP contribution in [0.3, 0.4) is 0 Å². The van der Waals surface area contributed by atoms with E-state index < -0.39 is 0 Å². The fraction of sp³-hybridized carbons (Fsp3) is 0.107. The largest absolute Gasteiger partial charge is 0.350 e. The molecule has 4 aromatic rings. The number of amidine groups is 1. The van der Waals surface area contributed by atoms with Crippen molar-refractivity contribution in [3.05, 3.63) is 132 Å². The van der Waals surface area contributed by atoms with E-state index in [-0.39, 0.29) is 12.1 Å². The summed E-state index contributed by atoms with van der Waals surface area (Å²) in [5.74, 6) is 1.04. The van der Waals surface area contributed by atoms with Crippen molar-refractivity contribution < 1.29 is 0 Å². The Kier molecular flexibility index (Phi) is 5.59. The number of benzene rings is 4. The fourth-order valence-corrected chi connectivity index (χ4v) is 5.18. The summed E-state index contributed by atoms with van der Waals surface area (Å²) in [6.45, 7) is 0. The monoisotopic (exact) mass is 420 g/mol. The molecule has 4 aromatic carbocycles. The van der Waals surface area contributed by atoms with E-state index in [9.17, 15) is 0 Å². The van der Waals surface area contributed by atoms with Gasteiger partial charge >= 0.3 is 0 Å². The quantitative estimate of drug-likeness (QED) is 0.345. The van der Waals surface area contributed by atoms with Gasteiger partial charge < -0.3 is 4.90 Å². The molecule has 0 saturated heterocycles. The van der Waals surface area contributed by atoms with Crippen molar-refractivity contribution in [2.45, 2.75) is 21.9 Å². The third-order valence-corrected chi connectivity index (χ3v) is 6.78. The summed E-state index contributed by atoms with van der Waals surface area (Å²) >= 11 is 1.79. The summed E-state index contributed by atoms with van der Waals surface area (Å²) in [7, 11) is 2.17. The minimum Gasteiger partial charge on any atom is -0.350 e. The molecule has 0 unspecified atom stereocenters. The predicted octanol–water partition coefficient (Wildman–Crippen LogP) is 7.01. The second-order valence-electron chi connectivity index (χ2n) is 7.69. The molecule has 0 N–H and O–H groups in total. The Morgan fingerprint density at radius 2 is 1.19 bits per heavy atom. The van der Waals surface area contributed by atoms with Crippen LogP contribution in [0.2, 0.25) is 0 Å². The zero-order valence-electron chi connectivity index (χ0n) is 17.4. The van der Waals surface area contributed by atoms with Crippen LogP contribution < -0.4 is 0 Å². The molecule has 3 heteroatoms. The summed E-state index contributed by atoms with van der Waals surface area (Å²) in [6, 6.07) is 40.7. The first kappa shape index (κ1) is 19.7. The Morgan fingerprint density at radius 3 is 1.87 bits per heavy atom. The van der Waals surface area contributed by atoms with Gasteiger partial charge in [-0.3, -0.25) is 4.99 Å². The molecular formula is C28H24N2S. The Hall–Kier alpha value is -3.30. The zero-order valence-corrected chi connectivity index (χ0v) is 18.2. The minimum atomic E-state index is 0.0541. The van der Waals surface area contributed by atoms with E-state index in [1.54, 1.807) is 11.8 Å². The molecule has 0 saturated carbocycles. The highest BCUT2D eigenvalue weighted by atomic mass is 32.2. The fourth-order valence-electron chi connectivity index (χ4n) is 4.22. The summed E-state index contributed by atoms with van der Waals surface area (Å²) in [4.78, 5) is 10.1. The van der Waals surface area contributed by atoms with E-state index in [4.69, 9.17) is 4.99 Å². The zero-order chi connectivity index (χ0) is 21.0. The van der Waals surface area contributed by atoms with Crippen LogP contribution in [0.4, 0.5) is 0 Å². The Balaban J connectivity index is 1.58. The van der Waals surface area contributed by atoms with Gasteiger partial charge in [-0.15, -0.1) is 0 Å². The molecule has 0 amide bonds. The highest BCUT2D eigenvalue weighted by molar-refractivity contribution is 7.99. The number of nitrogens with zero attached hydrogens (tertiary/aromatic N) is 2. The predicted molar refractivity (Wildman–Crippen MR) is 130 cm³/mol. The van der Waals surface area contributed by atoms with Gasteiger partial charge in [0.25, 0.3) is 0 Å². The van der Waals surface area contributed by atoms with E-state index in [0.29, 0.717) is 0 Å². The highest BCUT2D eigenvalue weighted by Crippen LogP contribution is 2.43. The van der Waals surface area contributed by atoms with Gasteiger partial charge in [-0.25, -0.2) is 0 Å². The summed E-state index contributed by atoms with van der Waals surface area (Å²) < 4.78 is 0. The van der Waals surface area contributed by atoms with Crippen LogP contribution in [0.15, 0.2) is 130 Å². The third kappa shape index (κ3) is 4.01. The van der Waals surface area contributed by atoms with Crippen molar-refractivity contribution in [1.82, 2.24) is 4.90 Å². The van der Waals surface area contributed by atoms with Gasteiger partial charge in [0.1, 0.15) is 11.9 Å². The topological polar surface area (TPSA) is 15.6 Å². The van der Waals surface area contributed by atoms with E-state index >= 15 is 0 Å². The summed E-state index contributed by atoms with van der Waals surface area (Å²) in [5, 5.41) is 0. The first-order valence-corrected chi connectivity index (χ1v) is 11.4. The van der Waals surface area contributed by atoms with Crippen molar-refractivity contribution in [2.75, 3.05) is 7.05 Å². The minimum absolute atomic E-state index is 0.0541. The molecule has 0 radical (unpaired) electrons. The number of hydrogen-bond acceptors (Lipinski definition) is 3. The van der Waals surface area contributed by atoms with Crippen LogP contribution in [0.5, 0.6) is 0 Å². The van der Waals surface area contributed by atoms with Crippen LogP contribution in [0.25, 0.3) is 0 Å². The number of likely N-dealkylation sites (N-methyl/N-ethyl adjacent to an activating group) is 1. The molecule has 0 bridgehead atoms. The van der Waals surface area contributed by atoms with Gasteiger partial charge in [-0.1, -0.05) is 109 Å². The SMILES string of the molecule is CN1C(c2ccccc2Sc2ccccc2)=N[C@@H](c2ccccc2)[C@@H]1c1ccccc1. The highest BCUT2D eigenvalue weighted by Gasteiger charge is 2.37. The van der Waals surface area contributed by atoms with Gasteiger partial charge in [0, 0.05) is 22.4 Å². The van der Waals surface area contributed by atoms with E-state index in [1.165, 1.54) is 26.5 Å². The molecule has 31 heavy (non-hydrogen) atoms. The number of aliphatic imine (C=N–C) groups is 1. The van der Waals surface area contributed by atoms with Crippen molar-refractivity contribution >= 4 is 17.6 Å². The van der Waals surface area contributed by atoms with Crippen molar-refractivity contribution in [3.8, 4) is 0 Å². The first-order chi connectivity index (χ1) is 15.3. The lowest BCUT2D eigenvalue weighted by Gasteiger charge is -2.28. The standard InChI is InChI=1S/C28H24N2S/c1-30-27(22-15-7-3-8-16-22)26(21-13-5-2-6-14-21)29-28(30)24-19-11-12-20-25(24)31-23-17-9-4-10-18-23/h2-20,26-27H,1H3/t26-,27-/m0/s1. The molecular weight excluding hydrogens is 396 g/mol. The molecule has 1 aliphatic rings. The van der Waals surface area contributed by atoms with Crippen LogP contribution in [-0.2, 0) is 0 Å². The van der Waals surface area contributed by atoms with Gasteiger partial charge in [0.2, 0.25) is 0 Å². The molecule has 0 aliphatic carbocycles. The molecule has 0 fully saturated rings. The lowest BCUT2D eigenvalue weighted by atomic mass is 9.94. The molecule has 152 valence electrons. The van der Waals surface area contributed by atoms with E-state index in [1.807, 2.05) is 0 Å². The number of rotatable bonds is 5. The molecule has 1 heterocycles. The second kappa shape index (κ2) is 8.83. The van der Waals surface area contributed by atoms with Gasteiger partial charge in [-0.2, -0.15) is 0 Å². The molecule has 5 rings (SSSR count). The molecule has 0 spiro atoms. The maximum Gasteiger partial charge on any atom is 0.133 e. The van der Waals surface area contributed by atoms with Crippen molar-refractivity contribution in [3.63, 3.8) is 0 Å². The van der Waals surface area contributed by atoms with Crippen molar-refractivity contribution in [2.24, 2.45) is 4.99 Å². The average molecular weight is 421 g/mol. The van der Waals surface area contributed by atoms with Crippen LogP contribution >= 0.6 is 11.8 Å². The summed E-state index contributed by atoms with van der Waals surface area (Å²) in [5.41, 5.74) is 3.70. The Labute approximate surface area is 188 Å². The molecule has 1 aliphatic heterocycles. The molecule has 0 aromatic heterocycles. The van der Waals surface area contributed by atoms with Gasteiger partial charge in [-0.05, 0) is 29.3 Å². The van der Waals surface area contributed by atoms with Crippen molar-refractivity contribution in [1.29, 1.82) is 0 Å². The Morgan fingerprint density at radius 1 is 0.645 bits per heavy atom. The molecule has 2 nitrogen and oxygen atoms in total. The lowest BCUT2D eigenvalue weighted by Crippen LogP contribution is -2.28. The third-order valence-electron chi connectivity index (χ3n) is 5.69. The van der Waals surface area contributed by atoms with Crippen LogP contribution in [-0.4, -0.2) is 17.8 Å². The van der Waals surface area contributed by atoms with Gasteiger partial charge in [0.05, 0.1) is 6.04 Å². The van der Waals surface area contributed by atoms with E-state index in [0.717, 1.165) is 5.84 Å². The first-order valence-electron chi connectivity index (χ1n) is 10.5. The normalized spacial score (nSPS) is 18.1. The maximum atomic E-state index is 5.30. The van der Waals surface area contributed by atoms with Crippen LogP contribution in [0.1, 0.15) is 28.8 Å².